The summed E-state index contributed by atoms with van der Waals surface area (Å²) in [6.45, 7) is 0. The van der Waals surface area contributed by atoms with Gasteiger partial charge in [-0.15, -0.1) is 10.2 Å². The van der Waals surface area contributed by atoms with Gasteiger partial charge in [-0.2, -0.15) is 0 Å². The Morgan fingerprint density at radius 2 is 1.69 bits per heavy atom. The van der Waals surface area contributed by atoms with Gasteiger partial charge >= 0.3 is 5.97 Å². The number of aromatic nitrogens is 2. The Bertz CT molecular complexity index is 1360. The van der Waals surface area contributed by atoms with E-state index in [1.54, 1.807) is 48.6 Å². The lowest BCUT2D eigenvalue weighted by Crippen LogP contribution is -2.31. The molecule has 32 heavy (non-hydrogen) atoms. The average Bonchev–Trinajstić information content (AvgIpc) is 3.28. The van der Waals surface area contributed by atoms with E-state index in [1.165, 1.54) is 12.1 Å². The Kier molecular flexibility index (Phi) is 4.59. The summed E-state index contributed by atoms with van der Waals surface area (Å²) in [6, 6.07) is 12.9. The molecule has 0 saturated heterocycles. The Morgan fingerprint density at radius 1 is 0.938 bits per heavy atom. The van der Waals surface area contributed by atoms with Crippen molar-refractivity contribution in [2.24, 2.45) is 0 Å². The molecule has 1 aliphatic heterocycles. The molecule has 2 amide bonds. The normalized spacial score (nSPS) is 15.3. The number of carbonyl (C=O) groups excluding carboxylic acids is 2. The molecule has 2 heterocycles. The van der Waals surface area contributed by atoms with Gasteiger partial charge in [0.25, 0.3) is 11.8 Å². The molecule has 1 N–H and O–H groups in total. The highest BCUT2D eigenvalue weighted by molar-refractivity contribution is 6.34. The summed E-state index contributed by atoms with van der Waals surface area (Å²) in [5.74, 6) is -1.31. The highest BCUT2D eigenvalue weighted by atomic mass is 16.4. The molecule has 8 nitrogen and oxygen atoms in total. The lowest BCUT2D eigenvalue weighted by Gasteiger charge is -2.15. The molecule has 0 spiro atoms. The fourth-order valence-corrected chi connectivity index (χ4v) is 3.61. The maximum Gasteiger partial charge on any atom is 0.335 e. The number of amides is 2. The first kappa shape index (κ1) is 19.4. The quantitative estimate of drug-likeness (QED) is 0.633. The molecular formula is C24H15N3O5. The largest absolute Gasteiger partial charge is 0.478 e. The lowest BCUT2D eigenvalue weighted by molar-refractivity contribution is -0.120. The van der Waals surface area contributed by atoms with Crippen LogP contribution in [0.1, 0.15) is 16.8 Å². The van der Waals surface area contributed by atoms with E-state index in [0.717, 1.165) is 4.90 Å². The van der Waals surface area contributed by atoms with E-state index >= 15 is 0 Å². The minimum absolute atomic E-state index is 0.115. The van der Waals surface area contributed by atoms with Crippen LogP contribution in [0.25, 0.3) is 22.9 Å². The zero-order valence-corrected chi connectivity index (χ0v) is 16.6. The van der Waals surface area contributed by atoms with Crippen molar-refractivity contribution in [2.75, 3.05) is 4.90 Å². The van der Waals surface area contributed by atoms with Crippen molar-refractivity contribution in [3.63, 3.8) is 0 Å². The molecular weight excluding hydrogens is 410 g/mol. The smallest absolute Gasteiger partial charge is 0.335 e. The summed E-state index contributed by atoms with van der Waals surface area (Å²) in [6.07, 6.45) is 7.48. The number of hydrogen-bond acceptors (Lipinski definition) is 6. The van der Waals surface area contributed by atoms with Crippen molar-refractivity contribution in [1.29, 1.82) is 0 Å². The van der Waals surface area contributed by atoms with Crippen molar-refractivity contribution >= 4 is 23.5 Å². The van der Waals surface area contributed by atoms with E-state index in [4.69, 9.17) is 9.52 Å². The number of carboxylic acid groups (broad SMARTS) is 1. The summed E-state index contributed by atoms with van der Waals surface area (Å²) in [7, 11) is 0. The molecule has 0 unspecified atom stereocenters. The molecule has 3 aromatic rings. The van der Waals surface area contributed by atoms with Gasteiger partial charge in [-0.05, 0) is 55.0 Å². The Hall–Kier alpha value is -4.59. The first-order valence-corrected chi connectivity index (χ1v) is 9.76. The van der Waals surface area contributed by atoms with Crippen molar-refractivity contribution in [2.45, 2.75) is 6.42 Å². The van der Waals surface area contributed by atoms with Crippen molar-refractivity contribution < 1.29 is 23.9 Å². The zero-order valence-electron chi connectivity index (χ0n) is 16.6. The number of hydrogen-bond donors (Lipinski definition) is 1. The van der Waals surface area contributed by atoms with E-state index in [0.29, 0.717) is 34.4 Å². The molecule has 0 fully saturated rings. The molecule has 2 aromatic carbocycles. The van der Waals surface area contributed by atoms with E-state index < -0.39 is 5.97 Å². The molecule has 156 valence electrons. The Balaban J connectivity index is 1.40. The van der Waals surface area contributed by atoms with E-state index in [1.807, 2.05) is 12.2 Å². The SMILES string of the molecule is O=C(O)c1cccc(-c2nnc(-c3ccc(N4C(=O)C5=C(CC=CC=C5)C4=O)cc3)o2)c1. The number of carboxylic acids is 1. The second kappa shape index (κ2) is 7.59. The van der Waals surface area contributed by atoms with Gasteiger partial charge in [0.1, 0.15) is 0 Å². The van der Waals surface area contributed by atoms with Crippen LogP contribution in [-0.4, -0.2) is 33.1 Å². The second-order valence-corrected chi connectivity index (χ2v) is 7.17. The van der Waals surface area contributed by atoms with E-state index in [2.05, 4.69) is 10.2 Å². The summed E-state index contributed by atoms with van der Waals surface area (Å²) in [4.78, 5) is 37.9. The third-order valence-electron chi connectivity index (χ3n) is 5.21. The third-order valence-corrected chi connectivity index (χ3v) is 5.21. The predicted octanol–water partition coefficient (Wildman–Crippen LogP) is 3.79. The van der Waals surface area contributed by atoms with Crippen LogP contribution in [0, 0.1) is 0 Å². The summed E-state index contributed by atoms with van der Waals surface area (Å²) < 4.78 is 5.70. The lowest BCUT2D eigenvalue weighted by atomic mass is 10.1. The monoisotopic (exact) mass is 425 g/mol. The topological polar surface area (TPSA) is 114 Å². The highest BCUT2D eigenvalue weighted by Gasteiger charge is 2.37. The standard InChI is InChI=1S/C24H15N3O5/c28-22-18-7-2-1-3-8-19(18)23(29)27(22)17-11-9-14(10-12-17)20-25-26-21(32-20)15-5-4-6-16(13-15)24(30)31/h1-7,9-13H,8H2,(H,30,31). The Labute approximate surface area is 181 Å². The summed E-state index contributed by atoms with van der Waals surface area (Å²) in [5.41, 5.74) is 2.54. The fourth-order valence-electron chi connectivity index (χ4n) is 3.61. The molecule has 1 aliphatic carbocycles. The maximum absolute atomic E-state index is 12.8. The average molecular weight is 425 g/mol. The number of carbonyl (C=O) groups is 3. The number of imide groups is 1. The predicted molar refractivity (Wildman–Crippen MR) is 115 cm³/mol. The highest BCUT2D eigenvalue weighted by Crippen LogP contribution is 2.32. The van der Waals surface area contributed by atoms with Gasteiger partial charge < -0.3 is 9.52 Å². The second-order valence-electron chi connectivity index (χ2n) is 7.17. The number of anilines is 1. The van der Waals surface area contributed by atoms with Crippen LogP contribution in [0.5, 0.6) is 0 Å². The number of allylic oxidation sites excluding steroid dienone is 3. The summed E-state index contributed by atoms with van der Waals surface area (Å²) >= 11 is 0. The van der Waals surface area contributed by atoms with Crippen LogP contribution in [0.4, 0.5) is 5.69 Å². The molecule has 0 radical (unpaired) electrons. The number of aromatic carboxylic acids is 1. The third kappa shape index (κ3) is 3.24. The first-order valence-electron chi connectivity index (χ1n) is 9.76. The molecule has 0 atom stereocenters. The van der Waals surface area contributed by atoms with Crippen LogP contribution in [0.15, 0.2) is 88.4 Å². The van der Waals surface area contributed by atoms with Gasteiger partial charge in [0.05, 0.1) is 11.3 Å². The van der Waals surface area contributed by atoms with Crippen molar-refractivity contribution in [1.82, 2.24) is 10.2 Å². The van der Waals surface area contributed by atoms with Gasteiger partial charge in [0, 0.05) is 22.3 Å². The number of nitrogens with zero attached hydrogens (tertiary/aromatic N) is 3. The minimum atomic E-state index is -1.05. The van der Waals surface area contributed by atoms with Crippen LogP contribution < -0.4 is 4.90 Å². The van der Waals surface area contributed by atoms with Gasteiger partial charge in [-0.25, -0.2) is 9.69 Å². The minimum Gasteiger partial charge on any atom is -0.478 e. The van der Waals surface area contributed by atoms with Crippen LogP contribution in [0.3, 0.4) is 0 Å². The molecule has 1 aromatic heterocycles. The van der Waals surface area contributed by atoms with Crippen LogP contribution in [-0.2, 0) is 9.59 Å². The first-order chi connectivity index (χ1) is 15.5. The maximum atomic E-state index is 12.8. The van der Waals surface area contributed by atoms with Gasteiger partial charge in [-0.1, -0.05) is 24.3 Å². The summed E-state index contributed by atoms with van der Waals surface area (Å²) in [5, 5.41) is 17.2. The fraction of sp³-hybridized carbons (Fsp3) is 0.0417. The van der Waals surface area contributed by atoms with Crippen LogP contribution in [0.2, 0.25) is 0 Å². The van der Waals surface area contributed by atoms with Crippen molar-refractivity contribution in [3.8, 4) is 22.9 Å². The van der Waals surface area contributed by atoms with Gasteiger partial charge in [0.2, 0.25) is 11.8 Å². The van der Waals surface area contributed by atoms with Crippen LogP contribution >= 0.6 is 0 Å². The molecule has 2 aliphatic rings. The number of benzene rings is 2. The van der Waals surface area contributed by atoms with E-state index in [-0.39, 0.29) is 29.2 Å². The molecule has 0 bridgehead atoms. The van der Waals surface area contributed by atoms with Gasteiger partial charge in [0.15, 0.2) is 0 Å². The number of rotatable bonds is 4. The van der Waals surface area contributed by atoms with Crippen molar-refractivity contribution in [3.05, 3.63) is 89.5 Å². The zero-order chi connectivity index (χ0) is 22.2. The van der Waals surface area contributed by atoms with E-state index in [9.17, 15) is 14.4 Å². The molecule has 5 rings (SSSR count). The molecule has 8 heteroatoms. The van der Waals surface area contributed by atoms with Gasteiger partial charge in [-0.3, -0.25) is 9.59 Å². The Morgan fingerprint density at radius 3 is 2.44 bits per heavy atom. The molecule has 0 saturated carbocycles.